The zero-order valence-corrected chi connectivity index (χ0v) is 7.48. The molecule has 0 aliphatic rings. The molecule has 0 saturated carbocycles. The molecule has 0 aliphatic heterocycles. The third-order valence-corrected chi connectivity index (χ3v) is 0.756. The van der Waals surface area contributed by atoms with E-state index in [1.165, 1.54) is 0 Å². The summed E-state index contributed by atoms with van der Waals surface area (Å²) in [6.07, 6.45) is 0. The Kier molecular flexibility index (Phi) is 18.5. The van der Waals surface area contributed by atoms with Crippen LogP contribution in [0.4, 0.5) is 0 Å². The molecule has 0 radical (unpaired) electrons. The van der Waals surface area contributed by atoms with Gasteiger partial charge in [-0.05, 0) is 12.1 Å². The maximum Gasteiger partial charge on any atom is 2.00 e. The predicted octanol–water partition coefficient (Wildman–Crippen LogP) is 0.708. The average molecular weight is 164 g/mol. The summed E-state index contributed by atoms with van der Waals surface area (Å²) in [5, 5.41) is 8.63. The molecular formula is C7H8MgO3. The normalized spacial score (nSPS) is 5.82. The second kappa shape index (κ2) is 12.1. The van der Waals surface area contributed by atoms with Gasteiger partial charge in [0.05, 0.1) is 0 Å². The van der Waals surface area contributed by atoms with Crippen LogP contribution < -0.4 is 0 Å². The van der Waals surface area contributed by atoms with Gasteiger partial charge in [-0.15, -0.1) is 0 Å². The zero-order chi connectivity index (χ0) is 7.11. The molecule has 1 rings (SSSR count). The number of rotatable bonds is 0. The molecule has 0 spiro atoms. The minimum atomic E-state index is 0. The maximum atomic E-state index is 8.63. The van der Waals surface area contributed by atoms with Gasteiger partial charge in [0.2, 0.25) is 0 Å². The molecule has 1 aromatic rings. The zero-order valence-electron chi connectivity index (χ0n) is 6.06. The van der Waals surface area contributed by atoms with Crippen LogP contribution >= 0.6 is 0 Å². The van der Waals surface area contributed by atoms with Gasteiger partial charge >= 0.3 is 23.1 Å². The van der Waals surface area contributed by atoms with E-state index in [0.717, 1.165) is 0 Å². The van der Waals surface area contributed by atoms with E-state index in [0.29, 0.717) is 5.75 Å². The van der Waals surface area contributed by atoms with Crippen molar-refractivity contribution in [2.24, 2.45) is 0 Å². The van der Waals surface area contributed by atoms with Gasteiger partial charge in [0, 0.05) is 0 Å². The monoisotopic (exact) mass is 164 g/mol. The van der Waals surface area contributed by atoms with Crippen LogP contribution in [-0.2, 0) is 10.3 Å². The average Bonchev–Trinajstić information content (AvgIpc) is 1.94. The third kappa shape index (κ3) is 9.42. The number of benzene rings is 1. The summed E-state index contributed by atoms with van der Waals surface area (Å²) < 4.78 is 0. The minimum absolute atomic E-state index is 0. The first kappa shape index (κ1) is 16.8. The Bertz CT molecular complexity index is 155. The van der Waals surface area contributed by atoms with Crippen molar-refractivity contribution in [1.29, 1.82) is 0 Å². The van der Waals surface area contributed by atoms with Crippen molar-refractivity contribution < 1.29 is 15.4 Å². The fourth-order valence-electron chi connectivity index (χ4n) is 0.428. The van der Waals surface area contributed by atoms with Crippen molar-refractivity contribution in [2.75, 3.05) is 0 Å². The van der Waals surface area contributed by atoms with E-state index < -0.39 is 0 Å². The Morgan fingerprint density at radius 2 is 1.45 bits per heavy atom. The second-order valence-corrected chi connectivity index (χ2v) is 1.34. The van der Waals surface area contributed by atoms with Crippen LogP contribution in [-0.4, -0.2) is 34.9 Å². The number of hydrogen-bond donors (Lipinski definition) is 1. The molecule has 0 aromatic heterocycles. The van der Waals surface area contributed by atoms with Crippen molar-refractivity contribution in [1.82, 2.24) is 0 Å². The molecule has 1 aromatic carbocycles. The molecule has 4 heteroatoms. The van der Waals surface area contributed by atoms with Crippen LogP contribution in [0.25, 0.3) is 0 Å². The van der Waals surface area contributed by atoms with Crippen LogP contribution in [0.5, 0.6) is 5.75 Å². The van der Waals surface area contributed by atoms with Gasteiger partial charge in [-0.1, -0.05) is 18.2 Å². The molecule has 1 N–H and O–H groups in total. The second-order valence-electron chi connectivity index (χ2n) is 1.34. The largest absolute Gasteiger partial charge is 2.00 e. The van der Waals surface area contributed by atoms with Crippen molar-refractivity contribution in [3.63, 3.8) is 0 Å². The number of carbonyl (C=O) groups is 1. The smallest absolute Gasteiger partial charge is 2.00 e. The van der Waals surface area contributed by atoms with Crippen LogP contribution in [0.3, 0.4) is 0 Å². The Morgan fingerprint density at radius 3 is 1.64 bits per heavy atom. The van der Waals surface area contributed by atoms with Crippen molar-refractivity contribution >= 4 is 29.8 Å². The number of phenolic OH excluding ortho intramolecular Hbond substituents is 1. The number of carbonyl (C=O) groups excluding carboxylic acids is 1. The van der Waals surface area contributed by atoms with Crippen molar-refractivity contribution in [2.45, 2.75) is 0 Å². The van der Waals surface area contributed by atoms with E-state index in [2.05, 4.69) is 0 Å². The van der Waals surface area contributed by atoms with E-state index in [-0.39, 0.29) is 28.5 Å². The number of phenols is 1. The van der Waals surface area contributed by atoms with Gasteiger partial charge in [0.25, 0.3) is 0 Å². The summed E-state index contributed by atoms with van der Waals surface area (Å²) in [5.74, 6) is 0.322. The van der Waals surface area contributed by atoms with E-state index in [9.17, 15) is 0 Å². The molecular weight excluding hydrogens is 156 g/mol. The molecule has 0 heterocycles. The van der Waals surface area contributed by atoms with E-state index >= 15 is 0 Å². The molecule has 0 aliphatic carbocycles. The maximum absolute atomic E-state index is 8.63. The van der Waals surface area contributed by atoms with Gasteiger partial charge in [0.1, 0.15) is 12.5 Å². The molecule has 56 valence electrons. The topological polar surface area (TPSA) is 65.8 Å². The molecule has 11 heavy (non-hydrogen) atoms. The Labute approximate surface area is 81.5 Å². The number of aromatic hydroxyl groups is 1. The fraction of sp³-hybridized carbons (Fsp3) is 0. The predicted molar refractivity (Wildman–Crippen MR) is 41.7 cm³/mol. The van der Waals surface area contributed by atoms with Crippen LogP contribution in [0.15, 0.2) is 30.3 Å². The van der Waals surface area contributed by atoms with Gasteiger partial charge < -0.3 is 15.4 Å². The molecule has 0 amide bonds. The summed E-state index contributed by atoms with van der Waals surface area (Å²) in [4.78, 5) is 8.00. The van der Waals surface area contributed by atoms with Gasteiger partial charge in [-0.3, -0.25) is 0 Å². The molecule has 3 nitrogen and oxygen atoms in total. The Hall–Kier alpha value is -0.584. The molecule has 0 atom stereocenters. The van der Waals surface area contributed by atoms with Crippen LogP contribution in [0.1, 0.15) is 0 Å². The van der Waals surface area contributed by atoms with Gasteiger partial charge in [-0.2, -0.15) is 0 Å². The quantitative estimate of drug-likeness (QED) is 0.574. The van der Waals surface area contributed by atoms with Gasteiger partial charge in [0.15, 0.2) is 0 Å². The number of hydrogen-bond acceptors (Lipinski definition) is 2. The SMILES string of the molecule is C=O.Oc1ccccc1.[Mg+2].[O-2]. The first-order valence-electron chi connectivity index (χ1n) is 2.42. The molecule has 0 fully saturated rings. The summed E-state index contributed by atoms with van der Waals surface area (Å²) in [5.41, 5.74) is 0. The summed E-state index contributed by atoms with van der Waals surface area (Å²) >= 11 is 0. The first-order chi connectivity index (χ1) is 4.39. The molecule has 0 unspecified atom stereocenters. The summed E-state index contributed by atoms with van der Waals surface area (Å²) in [7, 11) is 0. The summed E-state index contributed by atoms with van der Waals surface area (Å²) in [6, 6.07) is 8.71. The van der Waals surface area contributed by atoms with E-state index in [1.807, 2.05) is 12.9 Å². The summed E-state index contributed by atoms with van der Waals surface area (Å²) in [6.45, 7) is 2.00. The standard InChI is InChI=1S/C6H6O.CH2O.Mg.O/c7-6-4-2-1-3-5-6;1-2;;/h1-5,7H;1H2;;/q;;+2;-2. The minimum Gasteiger partial charge on any atom is -2.00 e. The third-order valence-electron chi connectivity index (χ3n) is 0.756. The fourth-order valence-corrected chi connectivity index (χ4v) is 0.428. The first-order valence-corrected chi connectivity index (χ1v) is 2.42. The molecule has 0 saturated heterocycles. The Balaban J connectivity index is -0.000000149. The number of para-hydroxylation sites is 1. The van der Waals surface area contributed by atoms with Gasteiger partial charge in [-0.25, -0.2) is 0 Å². The molecule has 0 bridgehead atoms. The van der Waals surface area contributed by atoms with E-state index in [1.54, 1.807) is 24.3 Å². The van der Waals surface area contributed by atoms with Crippen LogP contribution in [0, 0.1) is 0 Å². The van der Waals surface area contributed by atoms with Crippen LogP contribution in [0.2, 0.25) is 0 Å². The van der Waals surface area contributed by atoms with E-state index in [4.69, 9.17) is 9.90 Å². The van der Waals surface area contributed by atoms with Crippen molar-refractivity contribution in [3.05, 3.63) is 30.3 Å². The Morgan fingerprint density at radius 1 is 1.09 bits per heavy atom. The van der Waals surface area contributed by atoms with Crippen molar-refractivity contribution in [3.8, 4) is 5.75 Å².